The number of carbonyl (C=O) groups excluding carboxylic acids is 2. The topological polar surface area (TPSA) is 57.6 Å². The van der Waals surface area contributed by atoms with E-state index in [1.807, 2.05) is 0 Å². The smallest absolute Gasteiger partial charge is 0.289 e. The van der Waals surface area contributed by atoms with Gasteiger partial charge in [0.15, 0.2) is 11.5 Å². The van der Waals surface area contributed by atoms with Gasteiger partial charge < -0.3 is 10.0 Å². The molecule has 0 bridgehead atoms. The monoisotopic (exact) mass is 265 g/mol. The maximum atomic E-state index is 11.7. The third kappa shape index (κ3) is 1.78. The zero-order chi connectivity index (χ0) is 13.4. The summed E-state index contributed by atoms with van der Waals surface area (Å²) in [5, 5.41) is 10.2. The van der Waals surface area contributed by atoms with Gasteiger partial charge >= 0.3 is 0 Å². The fourth-order valence-corrected chi connectivity index (χ4v) is 2.38. The molecule has 0 saturated carbocycles. The second-order valence-corrected chi connectivity index (χ2v) is 4.57. The molecule has 18 heavy (non-hydrogen) atoms. The highest BCUT2D eigenvalue weighted by atomic mass is 35.5. The Hall–Kier alpha value is -1.81. The third-order valence-corrected chi connectivity index (χ3v) is 3.36. The molecule has 5 heteroatoms. The van der Waals surface area contributed by atoms with E-state index in [9.17, 15) is 14.7 Å². The van der Waals surface area contributed by atoms with Crippen molar-refractivity contribution >= 4 is 23.3 Å². The molecule has 0 spiro atoms. The molecule has 0 aromatic heterocycles. The van der Waals surface area contributed by atoms with Crippen LogP contribution in [0.3, 0.4) is 0 Å². The highest BCUT2D eigenvalue weighted by molar-refractivity contribution is 6.31. The molecule has 94 valence electrons. The quantitative estimate of drug-likeness (QED) is 0.892. The Labute approximate surface area is 109 Å². The normalized spacial score (nSPS) is 19.6. The minimum atomic E-state index is -0.622. The molecular weight excluding hydrogens is 254 g/mol. The van der Waals surface area contributed by atoms with Crippen LogP contribution in [0.2, 0.25) is 5.02 Å². The van der Waals surface area contributed by atoms with Crippen LogP contribution < -0.4 is 0 Å². The molecule has 1 N–H and O–H groups in total. The summed E-state index contributed by atoms with van der Waals surface area (Å²) in [6.45, 7) is 1.32. The van der Waals surface area contributed by atoms with Crippen molar-refractivity contribution < 1.29 is 14.7 Å². The fourth-order valence-electron chi connectivity index (χ4n) is 2.14. The van der Waals surface area contributed by atoms with Crippen molar-refractivity contribution in [1.82, 2.24) is 4.90 Å². The number of likely N-dealkylation sites (N-methyl/N-ethyl adjacent to an activating group) is 1. The SMILES string of the molecule is CC(=O)C1=C(O)C(=O)N(C)C1c1ccccc1Cl. The molecule has 0 fully saturated rings. The van der Waals surface area contributed by atoms with Gasteiger partial charge in [-0.3, -0.25) is 9.59 Å². The number of ketones is 1. The molecular formula is C13H12ClNO3. The number of hydrogen-bond donors (Lipinski definition) is 1. The summed E-state index contributed by atoms with van der Waals surface area (Å²) in [6.07, 6.45) is 0. The second kappa shape index (κ2) is 4.46. The number of Topliss-reactive ketones (excluding diaryl/α,β-unsaturated/α-hetero) is 1. The summed E-state index contributed by atoms with van der Waals surface area (Å²) in [6, 6.07) is 6.33. The molecule has 0 saturated heterocycles. The van der Waals surface area contributed by atoms with Crippen molar-refractivity contribution in [3.8, 4) is 0 Å². The predicted molar refractivity (Wildman–Crippen MR) is 67.3 cm³/mol. The average Bonchev–Trinajstić information content (AvgIpc) is 2.54. The van der Waals surface area contributed by atoms with Crippen LogP contribution in [0.1, 0.15) is 18.5 Å². The summed E-state index contributed by atoms with van der Waals surface area (Å²) >= 11 is 6.08. The average molecular weight is 266 g/mol. The number of amides is 1. The van der Waals surface area contributed by atoms with Gasteiger partial charge in [-0.15, -0.1) is 0 Å². The minimum Gasteiger partial charge on any atom is -0.503 e. The van der Waals surface area contributed by atoms with Crippen molar-refractivity contribution in [1.29, 1.82) is 0 Å². The first-order valence-electron chi connectivity index (χ1n) is 5.40. The molecule has 1 heterocycles. The van der Waals surface area contributed by atoms with Crippen molar-refractivity contribution in [2.24, 2.45) is 0 Å². The van der Waals surface area contributed by atoms with E-state index in [0.717, 1.165) is 0 Å². The third-order valence-electron chi connectivity index (χ3n) is 3.02. The van der Waals surface area contributed by atoms with Gasteiger partial charge in [0.2, 0.25) is 0 Å². The van der Waals surface area contributed by atoms with Crippen LogP contribution in [-0.2, 0) is 9.59 Å². The standard InChI is InChI=1S/C13H12ClNO3/c1-7(16)10-11(15(2)13(18)12(10)17)8-5-3-4-6-9(8)14/h3-6,11,17H,1-2H3. The van der Waals surface area contributed by atoms with Crippen LogP contribution >= 0.6 is 11.6 Å². The van der Waals surface area contributed by atoms with Crippen LogP contribution in [0.5, 0.6) is 0 Å². The van der Waals surface area contributed by atoms with Gasteiger partial charge in [0.25, 0.3) is 5.91 Å². The molecule has 4 nitrogen and oxygen atoms in total. The molecule has 2 rings (SSSR count). The van der Waals surface area contributed by atoms with E-state index in [1.165, 1.54) is 18.9 Å². The summed E-state index contributed by atoms with van der Waals surface area (Å²) in [7, 11) is 1.53. The lowest BCUT2D eigenvalue weighted by atomic mass is 9.97. The Morgan fingerprint density at radius 1 is 1.39 bits per heavy atom. The lowest BCUT2D eigenvalue weighted by Crippen LogP contribution is -2.26. The Balaban J connectivity index is 2.60. The van der Waals surface area contributed by atoms with E-state index in [-0.39, 0.29) is 11.4 Å². The fraction of sp³-hybridized carbons (Fsp3) is 0.231. The maximum absolute atomic E-state index is 11.7. The number of hydrogen-bond acceptors (Lipinski definition) is 3. The van der Waals surface area contributed by atoms with Crippen LogP contribution in [0.15, 0.2) is 35.6 Å². The molecule has 1 aromatic carbocycles. The number of rotatable bonds is 2. The summed E-state index contributed by atoms with van der Waals surface area (Å²) < 4.78 is 0. The first-order valence-corrected chi connectivity index (χ1v) is 5.78. The lowest BCUT2D eigenvalue weighted by Gasteiger charge is -2.22. The van der Waals surface area contributed by atoms with Gasteiger partial charge in [0, 0.05) is 12.1 Å². The molecule has 1 aliphatic heterocycles. The van der Waals surface area contributed by atoms with Crippen molar-refractivity contribution in [2.75, 3.05) is 7.05 Å². The first kappa shape index (κ1) is 12.6. The van der Waals surface area contributed by atoms with Crippen LogP contribution in [0.25, 0.3) is 0 Å². The number of aliphatic hydroxyl groups is 1. The zero-order valence-corrected chi connectivity index (χ0v) is 10.7. The van der Waals surface area contributed by atoms with Gasteiger partial charge in [-0.05, 0) is 18.6 Å². The Morgan fingerprint density at radius 2 is 2.00 bits per heavy atom. The summed E-state index contributed by atoms with van der Waals surface area (Å²) in [5.74, 6) is -1.39. The highest BCUT2D eigenvalue weighted by Gasteiger charge is 2.40. The Bertz CT molecular complexity index is 565. The predicted octanol–water partition coefficient (Wildman–Crippen LogP) is 2.25. The first-order chi connectivity index (χ1) is 8.45. The molecule has 1 amide bonds. The Kier molecular flexibility index (Phi) is 3.13. The van der Waals surface area contributed by atoms with Gasteiger partial charge in [-0.25, -0.2) is 0 Å². The molecule has 1 aromatic rings. The number of halogens is 1. The highest BCUT2D eigenvalue weighted by Crippen LogP contribution is 2.39. The Morgan fingerprint density at radius 3 is 2.56 bits per heavy atom. The molecule has 0 radical (unpaired) electrons. The van der Waals surface area contributed by atoms with E-state index in [4.69, 9.17) is 11.6 Å². The second-order valence-electron chi connectivity index (χ2n) is 4.16. The van der Waals surface area contributed by atoms with Crippen molar-refractivity contribution in [3.05, 3.63) is 46.2 Å². The summed E-state index contributed by atoms with van der Waals surface area (Å²) in [4.78, 5) is 24.7. The molecule has 1 aliphatic rings. The number of benzene rings is 1. The van der Waals surface area contributed by atoms with Gasteiger partial charge in [-0.2, -0.15) is 0 Å². The van der Waals surface area contributed by atoms with Gasteiger partial charge in [0.1, 0.15) is 0 Å². The van der Waals surface area contributed by atoms with Crippen molar-refractivity contribution in [3.63, 3.8) is 0 Å². The van der Waals surface area contributed by atoms with Crippen molar-refractivity contribution in [2.45, 2.75) is 13.0 Å². The minimum absolute atomic E-state index is 0.0931. The number of aliphatic hydroxyl groups excluding tert-OH is 1. The van der Waals surface area contributed by atoms with E-state index in [2.05, 4.69) is 0 Å². The van der Waals surface area contributed by atoms with E-state index >= 15 is 0 Å². The summed E-state index contributed by atoms with van der Waals surface area (Å²) in [5.41, 5.74) is 0.722. The van der Waals surface area contributed by atoms with Crippen LogP contribution in [0, 0.1) is 0 Å². The van der Waals surface area contributed by atoms with E-state index in [0.29, 0.717) is 10.6 Å². The molecule has 0 aliphatic carbocycles. The van der Waals surface area contributed by atoms with Crippen LogP contribution in [-0.4, -0.2) is 28.7 Å². The maximum Gasteiger partial charge on any atom is 0.289 e. The van der Waals surface area contributed by atoms with Gasteiger partial charge in [0.05, 0.1) is 11.6 Å². The van der Waals surface area contributed by atoms with E-state index < -0.39 is 17.7 Å². The number of carbonyl (C=O) groups is 2. The largest absolute Gasteiger partial charge is 0.503 e. The van der Waals surface area contributed by atoms with Gasteiger partial charge in [-0.1, -0.05) is 29.8 Å². The zero-order valence-electron chi connectivity index (χ0n) is 9.98. The van der Waals surface area contributed by atoms with E-state index in [1.54, 1.807) is 24.3 Å². The number of nitrogens with zero attached hydrogens (tertiary/aromatic N) is 1. The molecule has 1 atom stereocenters. The molecule has 1 unspecified atom stereocenters. The lowest BCUT2D eigenvalue weighted by molar-refractivity contribution is -0.128. The van der Waals surface area contributed by atoms with Crippen LogP contribution in [0.4, 0.5) is 0 Å².